The van der Waals surface area contributed by atoms with Crippen LogP contribution in [-0.4, -0.2) is 76.3 Å². The number of amides is 4. The molecule has 4 amide bonds. The molecule has 4 rings (SSSR count). The third-order valence-corrected chi connectivity index (χ3v) is 7.12. The number of likely N-dealkylation sites (tertiary alicyclic amines) is 1. The van der Waals surface area contributed by atoms with Crippen LogP contribution >= 0.6 is 0 Å². The number of halogens is 12. The number of carbonyl (C=O) groups is 3. The van der Waals surface area contributed by atoms with Crippen molar-refractivity contribution in [1.82, 2.24) is 9.80 Å². The minimum Gasteiger partial charge on any atom is -0.329 e. The van der Waals surface area contributed by atoms with E-state index < -0.39 is 95.4 Å². The van der Waals surface area contributed by atoms with Gasteiger partial charge in [0.2, 0.25) is 0 Å². The lowest BCUT2D eigenvalue weighted by Gasteiger charge is -2.39. The van der Waals surface area contributed by atoms with E-state index in [1.807, 2.05) is 0 Å². The third-order valence-electron chi connectivity index (χ3n) is 7.12. The highest BCUT2D eigenvalue weighted by Gasteiger charge is 2.85. The zero-order valence-corrected chi connectivity index (χ0v) is 19.3. The Morgan fingerprint density at radius 2 is 1.52 bits per heavy atom. The van der Waals surface area contributed by atoms with Crippen molar-refractivity contribution >= 4 is 23.5 Å². The predicted octanol–water partition coefficient (Wildman–Crippen LogP) is 4.41. The van der Waals surface area contributed by atoms with Crippen LogP contribution in [0.1, 0.15) is 18.1 Å². The number of piperazine rings is 1. The SMILES string of the molecule is C[C@@H]1C2[C@H]3C(=O)N(c4ccc(C#N)c(C(F)(F)F)c4)C(=O)N3C1CN2C(=O)C(F)(F)C(F)(F)C(F)(F)C(F)(F)F. The first kappa shape index (κ1) is 29.3. The number of hydrogen-bond donors (Lipinski definition) is 0. The molecule has 0 aliphatic carbocycles. The summed E-state index contributed by atoms with van der Waals surface area (Å²) in [6.45, 7) is 0.0639. The first-order valence-electron chi connectivity index (χ1n) is 10.8. The molecule has 19 heteroatoms. The molecular weight excluding hydrogens is 584 g/mol. The van der Waals surface area contributed by atoms with Gasteiger partial charge in [-0.1, -0.05) is 6.92 Å². The van der Waals surface area contributed by atoms with Crippen LogP contribution in [-0.2, 0) is 15.8 Å². The van der Waals surface area contributed by atoms with Gasteiger partial charge in [0.15, 0.2) is 0 Å². The van der Waals surface area contributed by atoms with Crippen molar-refractivity contribution < 1.29 is 67.1 Å². The van der Waals surface area contributed by atoms with Gasteiger partial charge in [0.1, 0.15) is 6.04 Å². The topological polar surface area (TPSA) is 84.7 Å². The summed E-state index contributed by atoms with van der Waals surface area (Å²) in [4.78, 5) is 39.2. The molecule has 0 N–H and O–H groups in total. The fraction of sp³-hybridized carbons (Fsp3) is 0.524. The molecule has 3 saturated heterocycles. The molecule has 0 aromatic heterocycles. The number of anilines is 1. The zero-order chi connectivity index (χ0) is 30.5. The Bertz CT molecular complexity index is 1340. The van der Waals surface area contributed by atoms with Gasteiger partial charge in [-0.25, -0.2) is 9.69 Å². The van der Waals surface area contributed by atoms with Gasteiger partial charge in [-0.05, 0) is 18.2 Å². The highest BCUT2D eigenvalue weighted by atomic mass is 19.4. The van der Waals surface area contributed by atoms with E-state index in [2.05, 4.69) is 0 Å². The maximum absolute atomic E-state index is 14.4. The van der Waals surface area contributed by atoms with Gasteiger partial charge in [-0.2, -0.15) is 57.9 Å². The van der Waals surface area contributed by atoms with Crippen molar-refractivity contribution in [2.45, 2.75) is 55.2 Å². The van der Waals surface area contributed by atoms with Crippen LogP contribution in [0.2, 0.25) is 0 Å². The molecule has 1 aromatic carbocycles. The number of carbonyl (C=O) groups excluding carboxylic acids is 3. The predicted molar refractivity (Wildman–Crippen MR) is 104 cm³/mol. The lowest BCUT2D eigenvalue weighted by Crippen LogP contribution is -2.67. The molecule has 218 valence electrons. The number of rotatable bonds is 4. The Kier molecular flexibility index (Phi) is 6.14. The second kappa shape index (κ2) is 8.39. The average Bonchev–Trinajstić information content (AvgIpc) is 3.40. The van der Waals surface area contributed by atoms with Gasteiger partial charge >= 0.3 is 36.2 Å². The summed E-state index contributed by atoms with van der Waals surface area (Å²) in [5.74, 6) is -27.0. The number of nitrogens with zero attached hydrogens (tertiary/aromatic N) is 4. The van der Waals surface area contributed by atoms with Gasteiger partial charge in [0, 0.05) is 12.5 Å². The molecule has 40 heavy (non-hydrogen) atoms. The van der Waals surface area contributed by atoms with E-state index >= 15 is 0 Å². The van der Waals surface area contributed by atoms with Crippen molar-refractivity contribution in [2.75, 3.05) is 11.4 Å². The summed E-state index contributed by atoms with van der Waals surface area (Å²) in [6, 6.07) is -3.71. The van der Waals surface area contributed by atoms with Crippen molar-refractivity contribution in [3.05, 3.63) is 29.3 Å². The minimum absolute atomic E-state index is 0.158. The van der Waals surface area contributed by atoms with Crippen molar-refractivity contribution in [1.29, 1.82) is 5.26 Å². The van der Waals surface area contributed by atoms with Gasteiger partial charge < -0.3 is 9.80 Å². The highest BCUT2D eigenvalue weighted by molar-refractivity contribution is 6.22. The number of urea groups is 1. The number of benzene rings is 1. The monoisotopic (exact) mass is 596 g/mol. The Morgan fingerprint density at radius 3 is 2.02 bits per heavy atom. The molecule has 3 fully saturated rings. The molecule has 4 atom stereocenters. The Hall–Kier alpha value is -3.72. The van der Waals surface area contributed by atoms with Gasteiger partial charge in [-0.3, -0.25) is 9.59 Å². The standard InChI is InChI=1S/C21H12F12N4O3/c1-7-11-6-35(15(39)17(22,23)19(27,28)20(29,30)21(31,32)33)12(7)13-14(38)36(16(40)37(11)13)9-3-2-8(5-34)10(4-9)18(24,25)26/h2-4,7,11-13H,6H2,1H3/t7-,11?,12?,13-/m0/s1. The Balaban J connectivity index is 1.70. The van der Waals surface area contributed by atoms with Gasteiger partial charge in [0.05, 0.1) is 35.0 Å². The van der Waals surface area contributed by atoms with Crippen LogP contribution in [0.3, 0.4) is 0 Å². The normalized spacial score (nSPS) is 25.6. The summed E-state index contributed by atoms with van der Waals surface area (Å²) >= 11 is 0. The first-order valence-corrected chi connectivity index (χ1v) is 10.8. The van der Waals surface area contributed by atoms with E-state index in [4.69, 9.17) is 5.26 Å². The number of hydrogen-bond acceptors (Lipinski definition) is 4. The lowest BCUT2D eigenvalue weighted by atomic mass is 9.97. The molecule has 2 unspecified atom stereocenters. The lowest BCUT2D eigenvalue weighted by molar-refractivity contribution is -0.389. The van der Waals surface area contributed by atoms with Crippen LogP contribution in [0.5, 0.6) is 0 Å². The quantitative estimate of drug-likeness (QED) is 0.381. The molecule has 3 aliphatic heterocycles. The molecule has 0 radical (unpaired) electrons. The first-order chi connectivity index (χ1) is 18.0. The van der Waals surface area contributed by atoms with Gasteiger partial charge in [0.25, 0.3) is 11.8 Å². The molecule has 7 nitrogen and oxygen atoms in total. The largest absolute Gasteiger partial charge is 0.460 e. The maximum Gasteiger partial charge on any atom is 0.460 e. The van der Waals surface area contributed by atoms with E-state index in [0.717, 1.165) is 13.0 Å². The minimum atomic E-state index is -7.35. The fourth-order valence-corrected chi connectivity index (χ4v) is 5.19. The fourth-order valence-electron chi connectivity index (χ4n) is 5.19. The molecule has 0 spiro atoms. The number of imide groups is 1. The number of nitriles is 1. The molecule has 3 heterocycles. The van der Waals surface area contributed by atoms with Crippen LogP contribution < -0.4 is 4.90 Å². The van der Waals surface area contributed by atoms with Crippen LogP contribution in [0.4, 0.5) is 63.2 Å². The third kappa shape index (κ3) is 3.63. The number of alkyl halides is 12. The molecule has 1 aromatic rings. The Labute approximate surface area is 214 Å². The maximum atomic E-state index is 14.4. The molecule has 3 aliphatic rings. The molecule has 2 bridgehead atoms. The van der Waals surface area contributed by atoms with Crippen molar-refractivity contribution in [3.63, 3.8) is 0 Å². The molecule has 0 saturated carbocycles. The zero-order valence-electron chi connectivity index (χ0n) is 19.3. The van der Waals surface area contributed by atoms with Gasteiger partial charge in [-0.15, -0.1) is 0 Å². The van der Waals surface area contributed by atoms with Crippen LogP contribution in [0, 0.1) is 17.2 Å². The van der Waals surface area contributed by atoms with E-state index in [-0.39, 0.29) is 15.9 Å². The van der Waals surface area contributed by atoms with E-state index in [1.54, 1.807) is 0 Å². The molecular formula is C21H12F12N4O3. The summed E-state index contributed by atoms with van der Waals surface area (Å²) in [7, 11) is 0. The van der Waals surface area contributed by atoms with E-state index in [1.165, 1.54) is 6.07 Å². The smallest absolute Gasteiger partial charge is 0.329 e. The van der Waals surface area contributed by atoms with E-state index in [9.17, 15) is 67.1 Å². The van der Waals surface area contributed by atoms with Crippen molar-refractivity contribution in [3.8, 4) is 6.07 Å². The highest BCUT2D eigenvalue weighted by Crippen LogP contribution is 2.55. The summed E-state index contributed by atoms with van der Waals surface area (Å²) in [6.07, 6.45) is -12.3. The average molecular weight is 596 g/mol. The van der Waals surface area contributed by atoms with E-state index in [0.29, 0.717) is 11.0 Å². The van der Waals surface area contributed by atoms with Crippen LogP contribution in [0.15, 0.2) is 18.2 Å². The summed E-state index contributed by atoms with van der Waals surface area (Å²) in [5, 5.41) is 8.91. The Morgan fingerprint density at radius 1 is 0.950 bits per heavy atom. The second-order valence-corrected chi connectivity index (χ2v) is 9.24. The summed E-state index contributed by atoms with van der Waals surface area (Å²) in [5.41, 5.74) is -3.18. The van der Waals surface area contributed by atoms with Crippen molar-refractivity contribution in [2.24, 2.45) is 5.92 Å². The summed E-state index contributed by atoms with van der Waals surface area (Å²) < 4.78 is 161. The van der Waals surface area contributed by atoms with Crippen LogP contribution in [0.25, 0.3) is 0 Å². The second-order valence-electron chi connectivity index (χ2n) is 9.24. The number of fused-ring (bicyclic) bond motifs is 5.